The van der Waals surface area contributed by atoms with Crippen LogP contribution in [-0.2, 0) is 41.6 Å². The number of nitrogens with one attached hydrogen (secondary N) is 6. The lowest BCUT2D eigenvalue weighted by molar-refractivity contribution is -0.143. The summed E-state index contributed by atoms with van der Waals surface area (Å²) in [6, 6.07) is 9.09. The van der Waals surface area contributed by atoms with E-state index in [-0.39, 0.29) is 59.4 Å². The minimum atomic E-state index is -0.645. The molecule has 2 aliphatic heterocycles. The number of hydrogen-bond donors (Lipinski definition) is 6. The second-order valence-electron chi connectivity index (χ2n) is 20.8. The van der Waals surface area contributed by atoms with Crippen molar-refractivity contribution in [2.75, 3.05) is 27.2 Å². The van der Waals surface area contributed by atoms with E-state index in [4.69, 9.17) is 0 Å². The Morgan fingerprint density at radius 1 is 0.500 bits per heavy atom. The molecule has 2 saturated carbocycles. The van der Waals surface area contributed by atoms with Gasteiger partial charge in [-0.2, -0.15) is 0 Å². The predicted octanol–water partition coefficient (Wildman–Crippen LogP) is 5.67. The van der Waals surface area contributed by atoms with Gasteiger partial charge in [0.05, 0.1) is 24.2 Å². The van der Waals surface area contributed by atoms with Gasteiger partial charge in [-0.15, -0.1) is 0 Å². The molecule has 4 aliphatic carbocycles. The molecule has 0 radical (unpaired) electrons. The summed E-state index contributed by atoms with van der Waals surface area (Å²) >= 11 is 0. The maximum atomic E-state index is 14.4. The van der Waals surface area contributed by atoms with E-state index in [1.54, 1.807) is 37.7 Å². The van der Waals surface area contributed by atoms with Crippen molar-refractivity contribution in [1.29, 1.82) is 0 Å². The van der Waals surface area contributed by atoms with Gasteiger partial charge in [-0.1, -0.05) is 74.9 Å². The second kappa shape index (κ2) is 22.7. The highest BCUT2D eigenvalue weighted by atomic mass is 16.2. The van der Waals surface area contributed by atoms with E-state index in [0.29, 0.717) is 25.9 Å². The van der Waals surface area contributed by atoms with Crippen molar-refractivity contribution in [2.45, 2.75) is 191 Å². The standard InChI is InChI=1S/C54H78N8O6/c1-33(55-3)49(63)59-47(35-17-7-5-8-18-35)53(67)61-31-15-29-45(61)51(65)57-43-27-13-23-39-37(21-11-25-41(39)43)38-22-12-26-42-40(38)24-14-28-44(42)58-52(66)46-30-16-32-62(46)54(68)48(36-19-9-6-10-20-36)60-50(64)34(2)56-4/h11-12,21-22,25-26,33-36,43-48,55-56H,5-10,13-20,23-24,27-32H2,1-4H3,(H,57,65)(H,58,66)(H,59,63)(H,60,64)/t33-,34-,43+,44+,45-,46-,47-,48-/m0/s1. The number of benzene rings is 2. The number of likely N-dealkylation sites (N-methyl/N-ethyl adjacent to an activating group) is 2. The lowest BCUT2D eigenvalue weighted by Crippen LogP contribution is -2.58. The Morgan fingerprint density at radius 3 is 1.28 bits per heavy atom. The molecular weight excluding hydrogens is 857 g/mol. The Balaban J connectivity index is 0.970. The van der Waals surface area contributed by atoms with E-state index in [9.17, 15) is 28.8 Å². The molecule has 4 fully saturated rings. The first-order valence-corrected chi connectivity index (χ1v) is 26.4. The van der Waals surface area contributed by atoms with Crippen LogP contribution in [0.15, 0.2) is 36.4 Å². The van der Waals surface area contributed by atoms with Crippen LogP contribution in [0.4, 0.5) is 0 Å². The van der Waals surface area contributed by atoms with Gasteiger partial charge >= 0.3 is 0 Å². The van der Waals surface area contributed by atoms with Gasteiger partial charge in [-0.3, -0.25) is 28.8 Å². The van der Waals surface area contributed by atoms with Crippen molar-refractivity contribution in [3.63, 3.8) is 0 Å². The van der Waals surface area contributed by atoms with Gasteiger partial charge in [0.1, 0.15) is 24.2 Å². The summed E-state index contributed by atoms with van der Waals surface area (Å²) in [4.78, 5) is 87.2. The maximum absolute atomic E-state index is 14.4. The molecule has 370 valence electrons. The number of nitrogens with zero attached hydrogens (tertiary/aromatic N) is 2. The molecule has 0 bridgehead atoms. The molecule has 0 spiro atoms. The van der Waals surface area contributed by atoms with Crippen LogP contribution in [0.1, 0.15) is 164 Å². The van der Waals surface area contributed by atoms with E-state index in [1.165, 1.54) is 11.1 Å². The van der Waals surface area contributed by atoms with Crippen LogP contribution in [0.2, 0.25) is 0 Å². The number of fused-ring (bicyclic) bond motifs is 2. The molecule has 2 heterocycles. The average Bonchev–Trinajstić information content (AvgIpc) is 4.08. The number of likely N-dealkylation sites (tertiary alicyclic amines) is 2. The van der Waals surface area contributed by atoms with E-state index >= 15 is 0 Å². The van der Waals surface area contributed by atoms with Crippen molar-refractivity contribution in [2.24, 2.45) is 11.8 Å². The molecule has 14 nitrogen and oxygen atoms in total. The fraction of sp³-hybridized carbons (Fsp3) is 0.667. The van der Waals surface area contributed by atoms with E-state index in [0.717, 1.165) is 138 Å². The summed E-state index contributed by atoms with van der Waals surface area (Å²) < 4.78 is 0. The van der Waals surface area contributed by atoms with E-state index in [2.05, 4.69) is 68.3 Å². The van der Waals surface area contributed by atoms with Gasteiger partial charge in [-0.05, 0) is 163 Å². The summed E-state index contributed by atoms with van der Waals surface area (Å²) in [6.07, 6.45) is 17.8. The average molecular weight is 935 g/mol. The molecule has 14 heteroatoms. The quantitative estimate of drug-likeness (QED) is 0.132. The highest BCUT2D eigenvalue weighted by molar-refractivity contribution is 5.95. The summed E-state index contributed by atoms with van der Waals surface area (Å²) in [5, 5.41) is 19.0. The topological polar surface area (TPSA) is 181 Å². The number of carbonyl (C=O) groups excluding carboxylic acids is 6. The minimum Gasteiger partial charge on any atom is -0.347 e. The van der Waals surface area contributed by atoms with Crippen molar-refractivity contribution in [3.05, 3.63) is 58.7 Å². The fourth-order valence-corrected chi connectivity index (χ4v) is 12.5. The van der Waals surface area contributed by atoms with E-state index in [1.807, 2.05) is 0 Å². The van der Waals surface area contributed by atoms with Crippen LogP contribution in [0.5, 0.6) is 0 Å². The molecule has 8 atom stereocenters. The fourth-order valence-electron chi connectivity index (χ4n) is 12.5. The van der Waals surface area contributed by atoms with Crippen LogP contribution < -0.4 is 31.9 Å². The van der Waals surface area contributed by atoms with Gasteiger partial charge < -0.3 is 41.7 Å². The van der Waals surface area contributed by atoms with Gasteiger partial charge in [0, 0.05) is 13.1 Å². The first kappa shape index (κ1) is 49.6. The number of carbonyl (C=O) groups is 6. The smallest absolute Gasteiger partial charge is 0.246 e. The van der Waals surface area contributed by atoms with Crippen molar-refractivity contribution < 1.29 is 28.8 Å². The van der Waals surface area contributed by atoms with Gasteiger partial charge in [0.25, 0.3) is 0 Å². The highest BCUT2D eigenvalue weighted by Crippen LogP contribution is 2.42. The molecule has 8 rings (SSSR count). The SMILES string of the molecule is CN[C@@H](C)C(=O)N[C@H](C(=O)N1CCC[C@H]1C(=O)N[C@@H]1CCCc2c(-c3cccc4c3CCC[C@H]4NC(=O)[C@@H]3CCCN3C(=O)[C@@H](NC(=O)[C@H](C)NC)C3CCCCC3)cccc21)C1CCCCC1. The van der Waals surface area contributed by atoms with Crippen LogP contribution >= 0.6 is 0 Å². The van der Waals surface area contributed by atoms with Gasteiger partial charge in [-0.25, -0.2) is 0 Å². The molecule has 6 aliphatic rings. The Morgan fingerprint density at radius 2 is 0.897 bits per heavy atom. The van der Waals surface area contributed by atoms with Crippen LogP contribution in [0.3, 0.4) is 0 Å². The van der Waals surface area contributed by atoms with Gasteiger partial charge in [0.15, 0.2) is 0 Å². The molecule has 6 amide bonds. The maximum Gasteiger partial charge on any atom is 0.246 e. The summed E-state index contributed by atoms with van der Waals surface area (Å²) in [7, 11) is 3.48. The second-order valence-corrected chi connectivity index (χ2v) is 20.8. The molecular formula is C54H78N8O6. The Labute approximate surface area is 404 Å². The van der Waals surface area contributed by atoms with Crippen molar-refractivity contribution in [3.8, 4) is 11.1 Å². The Kier molecular flexibility index (Phi) is 16.6. The van der Waals surface area contributed by atoms with Crippen LogP contribution in [0.25, 0.3) is 11.1 Å². The minimum absolute atomic E-state index is 0.0544. The molecule has 0 aromatic heterocycles. The summed E-state index contributed by atoms with van der Waals surface area (Å²) in [5.41, 5.74) is 6.98. The molecule has 0 unspecified atom stereocenters. The van der Waals surface area contributed by atoms with Gasteiger partial charge in [0.2, 0.25) is 35.4 Å². The first-order chi connectivity index (χ1) is 33.0. The molecule has 68 heavy (non-hydrogen) atoms. The Bertz CT molecular complexity index is 2000. The summed E-state index contributed by atoms with van der Waals surface area (Å²) in [6.45, 7) is 4.58. The third-order valence-corrected chi connectivity index (χ3v) is 16.6. The lowest BCUT2D eigenvalue weighted by atomic mass is 9.78. The molecule has 2 saturated heterocycles. The molecule has 2 aromatic rings. The number of rotatable bonds is 15. The number of hydrogen-bond acceptors (Lipinski definition) is 8. The zero-order valence-corrected chi connectivity index (χ0v) is 41.1. The summed E-state index contributed by atoms with van der Waals surface area (Å²) in [5.74, 6) is -0.830. The monoisotopic (exact) mass is 935 g/mol. The zero-order valence-electron chi connectivity index (χ0n) is 41.1. The third-order valence-electron chi connectivity index (χ3n) is 16.6. The molecule has 6 N–H and O–H groups in total. The molecule has 2 aromatic carbocycles. The predicted molar refractivity (Wildman–Crippen MR) is 263 cm³/mol. The number of amides is 6. The lowest BCUT2D eigenvalue weighted by Gasteiger charge is -2.36. The first-order valence-electron chi connectivity index (χ1n) is 26.4. The Hall–Kier alpha value is -4.82. The van der Waals surface area contributed by atoms with E-state index < -0.39 is 36.3 Å². The zero-order chi connectivity index (χ0) is 47.9. The normalized spacial score (nSPS) is 25.0. The largest absolute Gasteiger partial charge is 0.347 e. The highest BCUT2D eigenvalue weighted by Gasteiger charge is 2.44. The third kappa shape index (κ3) is 10.8. The van der Waals surface area contributed by atoms with Crippen LogP contribution in [0, 0.1) is 11.8 Å². The van der Waals surface area contributed by atoms with Crippen LogP contribution in [-0.4, -0.2) is 109 Å². The van der Waals surface area contributed by atoms with Crippen molar-refractivity contribution >= 4 is 35.4 Å². The van der Waals surface area contributed by atoms with Crippen molar-refractivity contribution in [1.82, 2.24) is 41.7 Å².